The van der Waals surface area contributed by atoms with Gasteiger partial charge in [0.25, 0.3) is 0 Å². The van der Waals surface area contributed by atoms with Crippen LogP contribution in [0.5, 0.6) is 0 Å². The molecule has 2 rings (SSSR count). The van der Waals surface area contributed by atoms with E-state index in [1.807, 2.05) is 31.2 Å². The van der Waals surface area contributed by atoms with Crippen LogP contribution in [0.15, 0.2) is 60.4 Å². The molecule has 0 saturated carbocycles. The molecular weight excluding hydrogens is 436 g/mol. The van der Waals surface area contributed by atoms with Gasteiger partial charge in [0, 0.05) is 17.4 Å². The van der Waals surface area contributed by atoms with E-state index in [2.05, 4.69) is 40.3 Å². The molecule has 0 fully saturated rings. The van der Waals surface area contributed by atoms with Crippen LogP contribution >= 0.6 is 0 Å². The summed E-state index contributed by atoms with van der Waals surface area (Å²) in [6.07, 6.45) is 11.1. The Morgan fingerprint density at radius 1 is 1.24 bits per heavy atom. The highest BCUT2D eigenvalue weighted by Gasteiger charge is 2.39. The fraction of sp³-hybridized carbons (Fsp3) is 0.556. The van der Waals surface area contributed by atoms with Gasteiger partial charge in [-0.1, -0.05) is 64.7 Å². The summed E-state index contributed by atoms with van der Waals surface area (Å²) in [4.78, 5) is 23.3. The van der Waals surface area contributed by atoms with E-state index in [4.69, 9.17) is 14.2 Å². The average molecular weight is 475 g/mol. The smallest absolute Gasteiger partial charge is 0.330 e. The van der Waals surface area contributed by atoms with Crippen molar-refractivity contribution in [3.8, 4) is 0 Å². The zero-order valence-electron chi connectivity index (χ0n) is 20.8. The lowest BCUT2D eigenvalue weighted by molar-refractivity contribution is -0.201. The highest BCUT2D eigenvalue weighted by Crippen LogP contribution is 2.47. The monoisotopic (exact) mass is 474 g/mol. The number of carbonyl (C=O) groups is 2. The summed E-state index contributed by atoms with van der Waals surface area (Å²) in [7, 11) is 0. The molecule has 0 saturated heterocycles. The molecular formula is C27H38O7. The van der Waals surface area contributed by atoms with Crippen molar-refractivity contribution in [1.82, 2.24) is 0 Å². The van der Waals surface area contributed by atoms with Crippen molar-refractivity contribution in [2.45, 2.75) is 59.9 Å². The molecule has 0 heterocycles. The van der Waals surface area contributed by atoms with E-state index < -0.39 is 36.2 Å². The molecule has 2 aliphatic carbocycles. The third-order valence-corrected chi connectivity index (χ3v) is 6.99. The number of aliphatic hydroxyl groups is 1. The van der Waals surface area contributed by atoms with Crippen molar-refractivity contribution < 1.29 is 34.0 Å². The third-order valence-electron chi connectivity index (χ3n) is 6.99. The predicted octanol–water partition coefficient (Wildman–Crippen LogP) is 4.56. The molecule has 0 amide bonds. The van der Waals surface area contributed by atoms with Crippen LogP contribution in [0.2, 0.25) is 0 Å². The molecule has 34 heavy (non-hydrogen) atoms. The fourth-order valence-electron chi connectivity index (χ4n) is 4.14. The molecule has 7 nitrogen and oxygen atoms in total. The minimum absolute atomic E-state index is 0.000976. The van der Waals surface area contributed by atoms with E-state index in [0.29, 0.717) is 18.6 Å². The standard InChI is InChI=1S/C27H38O7/c1-7-23(28)33-17-19(34-25(31)21-13-9-8-12-20(21)24(29)30)16-32-22-14-10-11-15-27(6,18(22)2)26(3,4)5/h7-11,14-15,19-21,25,31H,1,12-13,16-17H2,2-6H3,(H,29,30). The zero-order chi connectivity index (χ0) is 25.5. The van der Waals surface area contributed by atoms with Crippen LogP contribution in [-0.2, 0) is 23.8 Å². The topological polar surface area (TPSA) is 102 Å². The van der Waals surface area contributed by atoms with Crippen LogP contribution in [0.25, 0.3) is 0 Å². The number of hydrogen-bond donors (Lipinski definition) is 2. The van der Waals surface area contributed by atoms with Crippen LogP contribution in [0.1, 0.15) is 47.5 Å². The summed E-state index contributed by atoms with van der Waals surface area (Å²) in [5.74, 6) is -2.31. The quantitative estimate of drug-likeness (QED) is 0.207. The van der Waals surface area contributed by atoms with Gasteiger partial charge in [-0.05, 0) is 36.8 Å². The molecule has 0 radical (unpaired) electrons. The van der Waals surface area contributed by atoms with E-state index in [1.54, 1.807) is 6.08 Å². The average Bonchev–Trinajstić information content (AvgIpc) is 2.94. The number of hydrogen-bond acceptors (Lipinski definition) is 6. The predicted molar refractivity (Wildman–Crippen MR) is 130 cm³/mol. The first-order valence-corrected chi connectivity index (χ1v) is 11.6. The van der Waals surface area contributed by atoms with Crippen molar-refractivity contribution in [3.63, 3.8) is 0 Å². The number of aliphatic hydroxyl groups excluding tert-OH is 1. The molecule has 0 aromatic heterocycles. The summed E-state index contributed by atoms with van der Waals surface area (Å²) < 4.78 is 17.1. The lowest BCUT2D eigenvalue weighted by Gasteiger charge is -2.41. The molecule has 5 unspecified atom stereocenters. The van der Waals surface area contributed by atoms with E-state index >= 15 is 0 Å². The third kappa shape index (κ3) is 6.70. The lowest BCUT2D eigenvalue weighted by Crippen LogP contribution is -2.40. The van der Waals surface area contributed by atoms with Gasteiger partial charge >= 0.3 is 11.9 Å². The van der Waals surface area contributed by atoms with Gasteiger partial charge in [0.15, 0.2) is 6.29 Å². The van der Waals surface area contributed by atoms with Crippen LogP contribution in [-0.4, -0.2) is 47.8 Å². The highest BCUT2D eigenvalue weighted by atomic mass is 16.6. The Hall–Kier alpha value is -2.64. The molecule has 0 bridgehead atoms. The van der Waals surface area contributed by atoms with Crippen molar-refractivity contribution in [1.29, 1.82) is 0 Å². The molecule has 5 atom stereocenters. The molecule has 7 heteroatoms. The van der Waals surface area contributed by atoms with E-state index in [1.165, 1.54) is 0 Å². The maximum Gasteiger partial charge on any atom is 0.330 e. The zero-order valence-corrected chi connectivity index (χ0v) is 20.8. The Morgan fingerprint density at radius 3 is 2.53 bits per heavy atom. The molecule has 0 spiro atoms. The van der Waals surface area contributed by atoms with E-state index in [0.717, 1.165) is 11.6 Å². The summed E-state index contributed by atoms with van der Waals surface area (Å²) in [6, 6.07) is 0. The minimum atomic E-state index is -1.36. The number of rotatable bonds is 10. The number of carboxylic acids is 1. The summed E-state index contributed by atoms with van der Waals surface area (Å²) in [5.41, 5.74) is 0.705. The number of aliphatic carboxylic acids is 1. The van der Waals surface area contributed by atoms with E-state index in [-0.39, 0.29) is 24.0 Å². The van der Waals surface area contributed by atoms with Crippen LogP contribution in [0, 0.1) is 22.7 Å². The Kier molecular flexibility index (Phi) is 9.47. The molecule has 0 aromatic rings. The maximum atomic E-state index is 11.6. The van der Waals surface area contributed by atoms with Crippen molar-refractivity contribution >= 4 is 11.9 Å². The van der Waals surface area contributed by atoms with E-state index in [9.17, 15) is 19.8 Å². The number of carboxylic acid groups (broad SMARTS) is 1. The summed E-state index contributed by atoms with van der Waals surface area (Å²) in [5, 5.41) is 20.3. The van der Waals surface area contributed by atoms with Gasteiger partial charge in [0.2, 0.25) is 0 Å². The number of carbonyl (C=O) groups excluding carboxylic acids is 1. The first kappa shape index (κ1) is 27.6. The van der Waals surface area contributed by atoms with Crippen LogP contribution in [0.4, 0.5) is 0 Å². The molecule has 2 aliphatic rings. The SMILES string of the molecule is C=CC(=O)OCC(COC1=C(C)C(C)(C(C)(C)C)C=CC=C1)OC(O)C1CC=CCC1C(=O)O. The summed E-state index contributed by atoms with van der Waals surface area (Å²) >= 11 is 0. The molecule has 0 aromatic carbocycles. The van der Waals surface area contributed by atoms with Gasteiger partial charge in [-0.3, -0.25) is 4.79 Å². The number of allylic oxidation sites excluding steroid dienone is 7. The van der Waals surface area contributed by atoms with Crippen LogP contribution in [0.3, 0.4) is 0 Å². The lowest BCUT2D eigenvalue weighted by atomic mass is 9.63. The van der Waals surface area contributed by atoms with Crippen LogP contribution < -0.4 is 0 Å². The Morgan fingerprint density at radius 2 is 1.91 bits per heavy atom. The summed E-state index contributed by atoms with van der Waals surface area (Å²) in [6.45, 7) is 13.9. The number of esters is 1. The highest BCUT2D eigenvalue weighted by molar-refractivity contribution is 5.81. The Bertz CT molecular complexity index is 874. The second kappa shape index (κ2) is 11.7. The largest absolute Gasteiger partial charge is 0.491 e. The van der Waals surface area contributed by atoms with Gasteiger partial charge in [0.05, 0.1) is 5.92 Å². The molecule has 188 valence electrons. The molecule has 2 N–H and O–H groups in total. The van der Waals surface area contributed by atoms with Gasteiger partial charge in [-0.2, -0.15) is 0 Å². The van der Waals surface area contributed by atoms with Crippen molar-refractivity contribution in [2.24, 2.45) is 22.7 Å². The van der Waals surface area contributed by atoms with Gasteiger partial charge in [-0.25, -0.2) is 4.79 Å². The maximum absolute atomic E-state index is 11.6. The van der Waals surface area contributed by atoms with Crippen molar-refractivity contribution in [2.75, 3.05) is 13.2 Å². The first-order valence-electron chi connectivity index (χ1n) is 11.6. The first-order chi connectivity index (χ1) is 15.9. The fourth-order valence-corrected chi connectivity index (χ4v) is 4.14. The van der Waals surface area contributed by atoms with Gasteiger partial charge < -0.3 is 24.4 Å². The number of ether oxygens (including phenoxy) is 3. The van der Waals surface area contributed by atoms with Crippen molar-refractivity contribution in [3.05, 3.63) is 60.4 Å². The van der Waals surface area contributed by atoms with Gasteiger partial charge in [-0.15, -0.1) is 0 Å². The second-order valence-electron chi connectivity index (χ2n) is 10.0. The normalized spacial score (nSPS) is 26.5. The Labute approximate surface area is 202 Å². The minimum Gasteiger partial charge on any atom is -0.491 e. The second-order valence-corrected chi connectivity index (χ2v) is 10.0. The van der Waals surface area contributed by atoms with Gasteiger partial charge in [0.1, 0.15) is 25.1 Å². The Balaban J connectivity index is 2.20. The molecule has 0 aliphatic heterocycles.